The molecule has 1 aliphatic heterocycles. The molecule has 4 rings (SSSR count). The van der Waals surface area contributed by atoms with Gasteiger partial charge in [0.25, 0.3) is 0 Å². The third kappa shape index (κ3) is 4.38. The van der Waals surface area contributed by atoms with Crippen LogP contribution in [0.15, 0.2) is 71.6 Å². The minimum absolute atomic E-state index is 0.180. The summed E-state index contributed by atoms with van der Waals surface area (Å²) in [7, 11) is -1.59. The van der Waals surface area contributed by atoms with Crippen molar-refractivity contribution in [3.63, 3.8) is 0 Å². The van der Waals surface area contributed by atoms with Gasteiger partial charge in [-0.1, -0.05) is 48.5 Å². The van der Waals surface area contributed by atoms with E-state index < -0.39 is 10.0 Å². The average molecular weight is 424 g/mol. The van der Waals surface area contributed by atoms with Crippen molar-refractivity contribution in [1.29, 1.82) is 0 Å². The van der Waals surface area contributed by atoms with Gasteiger partial charge in [-0.25, -0.2) is 8.42 Å². The number of benzene rings is 3. The first-order valence-corrected chi connectivity index (χ1v) is 11.4. The molecule has 6 nitrogen and oxygen atoms in total. The van der Waals surface area contributed by atoms with E-state index in [4.69, 9.17) is 0 Å². The fourth-order valence-electron chi connectivity index (χ4n) is 3.74. The zero-order chi connectivity index (χ0) is 21.1. The van der Waals surface area contributed by atoms with Gasteiger partial charge >= 0.3 is 0 Å². The second kappa shape index (κ2) is 8.55. The molecule has 3 aromatic rings. The van der Waals surface area contributed by atoms with Gasteiger partial charge in [0.1, 0.15) is 0 Å². The molecule has 0 spiro atoms. The molecule has 1 aliphatic rings. The van der Waals surface area contributed by atoms with Crippen LogP contribution in [-0.4, -0.2) is 56.8 Å². The number of piperazine rings is 1. The number of amides is 1. The van der Waals surface area contributed by atoms with E-state index in [9.17, 15) is 13.2 Å². The monoisotopic (exact) mass is 423 g/mol. The number of carbonyl (C=O) groups is 1. The minimum atomic E-state index is -3.58. The van der Waals surface area contributed by atoms with Crippen LogP contribution >= 0.6 is 0 Å². The molecule has 7 heteroatoms. The Balaban J connectivity index is 1.49. The van der Waals surface area contributed by atoms with Crippen LogP contribution in [0, 0.1) is 0 Å². The van der Waals surface area contributed by atoms with Crippen molar-refractivity contribution in [3.8, 4) is 0 Å². The van der Waals surface area contributed by atoms with E-state index in [1.165, 1.54) is 10.4 Å². The molecule has 0 unspecified atom stereocenters. The quantitative estimate of drug-likeness (QED) is 0.685. The van der Waals surface area contributed by atoms with E-state index >= 15 is 0 Å². The van der Waals surface area contributed by atoms with Gasteiger partial charge < -0.3 is 10.2 Å². The molecule has 0 aromatic heterocycles. The lowest BCUT2D eigenvalue weighted by Crippen LogP contribution is -2.47. The number of rotatable bonds is 5. The zero-order valence-corrected chi connectivity index (χ0v) is 17.7. The summed E-state index contributed by atoms with van der Waals surface area (Å²) in [4.78, 5) is 15.0. The molecule has 1 amide bonds. The van der Waals surface area contributed by atoms with Gasteiger partial charge in [-0.3, -0.25) is 4.79 Å². The molecule has 0 atom stereocenters. The van der Waals surface area contributed by atoms with Crippen LogP contribution in [0.25, 0.3) is 10.8 Å². The average Bonchev–Trinajstić information content (AvgIpc) is 2.74. The van der Waals surface area contributed by atoms with E-state index in [1.54, 1.807) is 18.2 Å². The number of carbonyl (C=O) groups excluding carboxylic acids is 1. The van der Waals surface area contributed by atoms with Crippen LogP contribution in [0.3, 0.4) is 0 Å². The van der Waals surface area contributed by atoms with E-state index in [-0.39, 0.29) is 17.2 Å². The molecular weight excluding hydrogens is 398 g/mol. The van der Waals surface area contributed by atoms with E-state index in [1.807, 2.05) is 49.5 Å². The van der Waals surface area contributed by atoms with Crippen molar-refractivity contribution in [1.82, 2.24) is 9.21 Å². The standard InChI is InChI=1S/C23H25N3O3S/c1-25-12-14-26(15-13-25)30(28,29)21-10-5-9-20(17-21)24-23(27)16-19-8-4-7-18-6-2-3-11-22(18)19/h2-11,17H,12-16H2,1H3,(H,24,27). The van der Waals surface area contributed by atoms with Gasteiger partial charge in [-0.15, -0.1) is 0 Å². The first-order chi connectivity index (χ1) is 14.4. The van der Waals surface area contributed by atoms with Gasteiger partial charge in [0.05, 0.1) is 11.3 Å². The molecule has 0 radical (unpaired) electrons. The predicted molar refractivity (Wildman–Crippen MR) is 119 cm³/mol. The van der Waals surface area contributed by atoms with Crippen LogP contribution in [0.1, 0.15) is 5.56 Å². The maximum atomic E-state index is 13.0. The summed E-state index contributed by atoms with van der Waals surface area (Å²) < 4.78 is 27.4. The normalized spacial score (nSPS) is 15.9. The van der Waals surface area contributed by atoms with Gasteiger partial charge in [0.2, 0.25) is 15.9 Å². The first kappa shape index (κ1) is 20.5. The molecule has 1 heterocycles. The highest BCUT2D eigenvalue weighted by Gasteiger charge is 2.27. The second-order valence-corrected chi connectivity index (χ2v) is 9.54. The Morgan fingerprint density at radius 1 is 0.933 bits per heavy atom. The summed E-state index contributed by atoms with van der Waals surface area (Å²) in [6.45, 7) is 2.36. The van der Waals surface area contributed by atoms with Crippen molar-refractivity contribution in [3.05, 3.63) is 72.3 Å². The van der Waals surface area contributed by atoms with Gasteiger partial charge in [0, 0.05) is 31.9 Å². The Morgan fingerprint density at radius 3 is 2.43 bits per heavy atom. The van der Waals surface area contributed by atoms with Crippen molar-refractivity contribution in [2.24, 2.45) is 0 Å². The van der Waals surface area contributed by atoms with Crippen molar-refractivity contribution >= 4 is 32.4 Å². The zero-order valence-electron chi connectivity index (χ0n) is 16.9. The van der Waals surface area contributed by atoms with Crippen LogP contribution < -0.4 is 5.32 Å². The molecule has 1 saturated heterocycles. The largest absolute Gasteiger partial charge is 0.326 e. The van der Waals surface area contributed by atoms with Gasteiger partial charge in [-0.2, -0.15) is 4.31 Å². The predicted octanol–water partition coefficient (Wildman–Crippen LogP) is 2.96. The van der Waals surface area contributed by atoms with E-state index in [2.05, 4.69) is 10.2 Å². The molecule has 1 N–H and O–H groups in total. The highest BCUT2D eigenvalue weighted by atomic mass is 32.2. The molecule has 30 heavy (non-hydrogen) atoms. The summed E-state index contributed by atoms with van der Waals surface area (Å²) in [6, 6.07) is 20.3. The maximum Gasteiger partial charge on any atom is 0.243 e. The van der Waals surface area contributed by atoms with Crippen LogP contribution in [-0.2, 0) is 21.2 Å². The SMILES string of the molecule is CN1CCN(S(=O)(=O)c2cccc(NC(=O)Cc3cccc4ccccc34)c2)CC1. The summed E-state index contributed by atoms with van der Waals surface area (Å²) in [6.07, 6.45) is 0.219. The van der Waals surface area contributed by atoms with Crippen molar-refractivity contribution in [2.75, 3.05) is 38.5 Å². The number of hydrogen-bond acceptors (Lipinski definition) is 4. The Hall–Kier alpha value is -2.74. The van der Waals surface area contributed by atoms with E-state index in [0.717, 1.165) is 16.3 Å². The summed E-state index contributed by atoms with van der Waals surface area (Å²) in [5.41, 5.74) is 1.42. The molecule has 3 aromatic carbocycles. The first-order valence-electron chi connectivity index (χ1n) is 9.99. The highest BCUT2D eigenvalue weighted by Crippen LogP contribution is 2.22. The van der Waals surface area contributed by atoms with Gasteiger partial charge in [-0.05, 0) is 41.6 Å². The lowest BCUT2D eigenvalue weighted by Gasteiger charge is -2.31. The summed E-state index contributed by atoms with van der Waals surface area (Å²) in [5, 5.41) is 4.98. The molecule has 0 aliphatic carbocycles. The molecule has 0 saturated carbocycles. The number of anilines is 1. The fourth-order valence-corrected chi connectivity index (χ4v) is 5.21. The number of likely N-dealkylation sites (N-methyl/N-ethyl adjacent to an activating group) is 1. The lowest BCUT2D eigenvalue weighted by molar-refractivity contribution is -0.115. The van der Waals surface area contributed by atoms with Crippen molar-refractivity contribution < 1.29 is 13.2 Å². The molecule has 156 valence electrons. The summed E-state index contributed by atoms with van der Waals surface area (Å²) in [5.74, 6) is -0.180. The molecule has 0 bridgehead atoms. The third-order valence-electron chi connectivity index (χ3n) is 5.45. The van der Waals surface area contributed by atoms with Gasteiger partial charge in [0.15, 0.2) is 0 Å². The molecular formula is C23H25N3O3S. The number of nitrogens with zero attached hydrogens (tertiary/aromatic N) is 2. The number of sulfonamides is 1. The Morgan fingerprint density at radius 2 is 1.63 bits per heavy atom. The summed E-state index contributed by atoms with van der Waals surface area (Å²) >= 11 is 0. The van der Waals surface area contributed by atoms with Crippen molar-refractivity contribution in [2.45, 2.75) is 11.3 Å². The lowest BCUT2D eigenvalue weighted by atomic mass is 10.0. The topological polar surface area (TPSA) is 69.7 Å². The van der Waals surface area contributed by atoms with Crippen LogP contribution in [0.2, 0.25) is 0 Å². The smallest absolute Gasteiger partial charge is 0.243 e. The Bertz CT molecular complexity index is 1160. The molecule has 1 fully saturated rings. The number of hydrogen-bond donors (Lipinski definition) is 1. The number of fused-ring (bicyclic) bond motifs is 1. The Labute approximate surface area is 177 Å². The highest BCUT2D eigenvalue weighted by molar-refractivity contribution is 7.89. The van der Waals surface area contributed by atoms with Crippen LogP contribution in [0.4, 0.5) is 5.69 Å². The minimum Gasteiger partial charge on any atom is -0.326 e. The second-order valence-electron chi connectivity index (χ2n) is 7.60. The maximum absolute atomic E-state index is 13.0. The fraction of sp³-hybridized carbons (Fsp3) is 0.261. The van der Waals surface area contributed by atoms with Crippen LogP contribution in [0.5, 0.6) is 0 Å². The number of nitrogens with one attached hydrogen (secondary N) is 1. The van der Waals surface area contributed by atoms with E-state index in [0.29, 0.717) is 31.9 Å². The third-order valence-corrected chi connectivity index (χ3v) is 7.34. The Kier molecular flexibility index (Phi) is 5.85.